The molecule has 2 rings (SSSR count). The van der Waals surface area contributed by atoms with Crippen molar-refractivity contribution in [3.63, 3.8) is 0 Å². The van der Waals surface area contributed by atoms with Gasteiger partial charge in [-0.05, 0) is 30.7 Å². The summed E-state index contributed by atoms with van der Waals surface area (Å²) in [6, 6.07) is 5.64. The number of benzene rings is 1. The summed E-state index contributed by atoms with van der Waals surface area (Å²) in [6.45, 7) is 2.27. The van der Waals surface area contributed by atoms with Gasteiger partial charge in [-0.2, -0.15) is 9.97 Å². The molecule has 1 aromatic carbocycles. The number of nitrogen functional groups attached to an aromatic ring is 1. The maximum Gasteiger partial charge on any atom is 0.247 e. The van der Waals surface area contributed by atoms with Gasteiger partial charge in [-0.25, -0.2) is 4.98 Å². The Morgan fingerprint density at radius 2 is 2.05 bits per heavy atom. The number of nitrogens with one attached hydrogen (secondary N) is 2. The second kappa shape index (κ2) is 6.64. The summed E-state index contributed by atoms with van der Waals surface area (Å²) in [4.78, 5) is 11.9. The Kier molecular flexibility index (Phi) is 4.64. The van der Waals surface area contributed by atoms with Crippen molar-refractivity contribution in [1.82, 2.24) is 15.0 Å². The number of nitrogens with two attached hydrogens (primary N) is 1. The Morgan fingerprint density at radius 3 is 2.65 bits per heavy atom. The summed E-state index contributed by atoms with van der Waals surface area (Å²) in [6.07, 6.45) is 2.81. The van der Waals surface area contributed by atoms with Crippen LogP contribution in [0.15, 0.2) is 30.9 Å². The molecule has 0 atom stereocenters. The van der Waals surface area contributed by atoms with Gasteiger partial charge in [0.25, 0.3) is 0 Å². The average molecular weight is 275 g/mol. The Labute approximate surface area is 116 Å². The average Bonchev–Trinajstić information content (AvgIpc) is 2.49. The largest absolute Gasteiger partial charge is 0.394 e. The standard InChI is InChI=1S/C12H17N7O/c1-9-6-10(17-13)2-3-11(9)18-19(4-5-20)12-15-7-14-8-16-12/h2-3,6-8,17-18,20H,4-5,13H2,1H3. The van der Waals surface area contributed by atoms with Gasteiger partial charge >= 0.3 is 0 Å². The van der Waals surface area contributed by atoms with Crippen molar-refractivity contribution < 1.29 is 5.11 Å². The van der Waals surface area contributed by atoms with E-state index < -0.39 is 0 Å². The number of hydrogen-bond donors (Lipinski definition) is 4. The number of aryl methyl sites for hydroxylation is 1. The Morgan fingerprint density at radius 1 is 1.30 bits per heavy atom. The highest BCUT2D eigenvalue weighted by Crippen LogP contribution is 2.20. The molecule has 0 saturated carbocycles. The number of rotatable bonds is 6. The molecule has 0 fully saturated rings. The van der Waals surface area contributed by atoms with Crippen LogP contribution in [-0.2, 0) is 0 Å². The molecule has 0 aliphatic carbocycles. The van der Waals surface area contributed by atoms with Crippen molar-refractivity contribution in [1.29, 1.82) is 0 Å². The second-order valence-electron chi connectivity index (χ2n) is 4.10. The molecule has 1 heterocycles. The number of hydrogen-bond acceptors (Lipinski definition) is 8. The number of aromatic nitrogens is 3. The van der Waals surface area contributed by atoms with Crippen LogP contribution in [0, 0.1) is 6.92 Å². The van der Waals surface area contributed by atoms with E-state index in [0.29, 0.717) is 12.5 Å². The van der Waals surface area contributed by atoms with Crippen molar-refractivity contribution >= 4 is 17.3 Å². The summed E-state index contributed by atoms with van der Waals surface area (Å²) < 4.78 is 0. The number of aliphatic hydroxyl groups excluding tert-OH is 1. The van der Waals surface area contributed by atoms with Crippen LogP contribution < -0.4 is 21.7 Å². The molecule has 0 spiro atoms. The minimum atomic E-state index is -0.0276. The van der Waals surface area contributed by atoms with Crippen LogP contribution in [0.3, 0.4) is 0 Å². The highest BCUT2D eigenvalue weighted by molar-refractivity contribution is 5.60. The van der Waals surface area contributed by atoms with Crippen molar-refractivity contribution in [2.75, 3.05) is 29.0 Å². The summed E-state index contributed by atoms with van der Waals surface area (Å²) in [5.74, 6) is 5.81. The third kappa shape index (κ3) is 3.31. The lowest BCUT2D eigenvalue weighted by atomic mass is 10.2. The summed E-state index contributed by atoms with van der Waals surface area (Å²) in [5, 5.41) is 10.8. The minimum Gasteiger partial charge on any atom is -0.394 e. The van der Waals surface area contributed by atoms with E-state index in [1.165, 1.54) is 12.7 Å². The zero-order valence-corrected chi connectivity index (χ0v) is 11.1. The Bertz CT molecular complexity index is 549. The second-order valence-corrected chi connectivity index (χ2v) is 4.10. The van der Waals surface area contributed by atoms with Crippen molar-refractivity contribution in [3.8, 4) is 0 Å². The SMILES string of the molecule is Cc1cc(NN)ccc1NN(CCO)c1ncncn1. The van der Waals surface area contributed by atoms with E-state index in [4.69, 9.17) is 10.9 Å². The van der Waals surface area contributed by atoms with Gasteiger partial charge in [0.1, 0.15) is 12.7 Å². The zero-order valence-electron chi connectivity index (χ0n) is 11.1. The predicted octanol–water partition coefficient (Wildman–Crippen LogP) is 0.291. The molecule has 0 saturated heterocycles. The van der Waals surface area contributed by atoms with E-state index in [1.807, 2.05) is 25.1 Å². The molecule has 106 valence electrons. The fourth-order valence-corrected chi connectivity index (χ4v) is 1.70. The minimum absolute atomic E-state index is 0.0276. The van der Waals surface area contributed by atoms with Crippen LogP contribution in [0.5, 0.6) is 0 Å². The van der Waals surface area contributed by atoms with E-state index in [9.17, 15) is 0 Å². The fourth-order valence-electron chi connectivity index (χ4n) is 1.70. The maximum absolute atomic E-state index is 9.15. The lowest BCUT2D eigenvalue weighted by Crippen LogP contribution is -2.34. The van der Waals surface area contributed by atoms with Crippen molar-refractivity contribution in [3.05, 3.63) is 36.4 Å². The fraction of sp³-hybridized carbons (Fsp3) is 0.250. The van der Waals surface area contributed by atoms with E-state index >= 15 is 0 Å². The molecular weight excluding hydrogens is 258 g/mol. The zero-order chi connectivity index (χ0) is 14.4. The van der Waals surface area contributed by atoms with Crippen LogP contribution >= 0.6 is 0 Å². The number of aliphatic hydroxyl groups is 1. The van der Waals surface area contributed by atoms with Gasteiger partial charge in [-0.1, -0.05) is 0 Å². The predicted molar refractivity (Wildman–Crippen MR) is 76.9 cm³/mol. The number of hydrazine groups is 2. The summed E-state index contributed by atoms with van der Waals surface area (Å²) >= 11 is 0. The van der Waals surface area contributed by atoms with Crippen molar-refractivity contribution in [2.45, 2.75) is 6.92 Å². The van der Waals surface area contributed by atoms with Crippen LogP contribution in [0.4, 0.5) is 17.3 Å². The molecule has 8 heteroatoms. The van der Waals surface area contributed by atoms with E-state index in [-0.39, 0.29) is 6.61 Å². The summed E-state index contributed by atoms with van der Waals surface area (Å²) in [5.41, 5.74) is 8.45. The van der Waals surface area contributed by atoms with Gasteiger partial charge < -0.3 is 10.5 Å². The van der Waals surface area contributed by atoms with Crippen LogP contribution in [0.2, 0.25) is 0 Å². The molecule has 5 N–H and O–H groups in total. The van der Waals surface area contributed by atoms with Gasteiger partial charge in [0.15, 0.2) is 0 Å². The monoisotopic (exact) mass is 275 g/mol. The van der Waals surface area contributed by atoms with E-state index in [2.05, 4.69) is 25.8 Å². The first-order valence-corrected chi connectivity index (χ1v) is 6.09. The van der Waals surface area contributed by atoms with Gasteiger partial charge in [0.05, 0.1) is 18.8 Å². The maximum atomic E-state index is 9.15. The third-order valence-electron chi connectivity index (χ3n) is 2.69. The van der Waals surface area contributed by atoms with Gasteiger partial charge in [-0.3, -0.25) is 16.3 Å². The molecular formula is C12H17N7O. The molecule has 0 amide bonds. The molecule has 0 radical (unpaired) electrons. The highest BCUT2D eigenvalue weighted by atomic mass is 16.3. The third-order valence-corrected chi connectivity index (χ3v) is 2.69. The lowest BCUT2D eigenvalue weighted by molar-refractivity contribution is 0.303. The first-order valence-electron chi connectivity index (χ1n) is 6.09. The van der Waals surface area contributed by atoms with Crippen LogP contribution in [0.1, 0.15) is 5.56 Å². The molecule has 1 aromatic heterocycles. The first-order chi connectivity index (χ1) is 9.74. The molecule has 2 aromatic rings. The molecule has 0 aliphatic heterocycles. The topological polar surface area (TPSA) is 112 Å². The normalized spacial score (nSPS) is 10.2. The summed E-state index contributed by atoms with van der Waals surface area (Å²) in [7, 11) is 0. The van der Waals surface area contributed by atoms with Crippen molar-refractivity contribution in [2.24, 2.45) is 5.84 Å². The Hall–Kier alpha value is -2.45. The van der Waals surface area contributed by atoms with Gasteiger partial charge in [0, 0.05) is 5.69 Å². The molecule has 0 aliphatic rings. The Balaban J connectivity index is 2.20. The van der Waals surface area contributed by atoms with Crippen LogP contribution in [0.25, 0.3) is 0 Å². The number of nitrogens with zero attached hydrogens (tertiary/aromatic N) is 4. The molecule has 8 nitrogen and oxygen atoms in total. The molecule has 0 unspecified atom stereocenters. The van der Waals surface area contributed by atoms with Gasteiger partial charge in [0.2, 0.25) is 5.95 Å². The smallest absolute Gasteiger partial charge is 0.247 e. The van der Waals surface area contributed by atoms with Gasteiger partial charge in [-0.15, -0.1) is 0 Å². The first kappa shape index (κ1) is 14.0. The molecule has 20 heavy (non-hydrogen) atoms. The molecule has 0 bridgehead atoms. The quantitative estimate of drug-likeness (QED) is 0.439. The lowest BCUT2D eigenvalue weighted by Gasteiger charge is -2.24. The van der Waals surface area contributed by atoms with E-state index in [0.717, 1.165) is 16.9 Å². The highest BCUT2D eigenvalue weighted by Gasteiger charge is 2.10. The van der Waals surface area contributed by atoms with Crippen LogP contribution in [-0.4, -0.2) is 33.2 Å². The number of anilines is 3. The van der Waals surface area contributed by atoms with E-state index in [1.54, 1.807) is 5.01 Å².